The Hall–Kier alpha value is -2.83. The molecule has 6 heteroatoms. The number of aryl methyl sites for hydroxylation is 1. The number of aliphatic hydroxyl groups excluding tert-OH is 1. The van der Waals surface area contributed by atoms with Gasteiger partial charge in [-0.05, 0) is 49.2 Å². The predicted molar refractivity (Wildman–Crippen MR) is 107 cm³/mol. The van der Waals surface area contributed by atoms with Crippen molar-refractivity contribution in [2.45, 2.75) is 33.0 Å². The quantitative estimate of drug-likeness (QED) is 0.683. The number of rotatable bonds is 7. The lowest BCUT2D eigenvalue weighted by molar-refractivity contribution is 0.118. The Morgan fingerprint density at radius 3 is 2.50 bits per heavy atom. The van der Waals surface area contributed by atoms with Crippen LogP contribution in [0, 0.1) is 6.92 Å². The molecule has 0 fully saturated rings. The molecule has 1 aliphatic heterocycles. The molecule has 0 radical (unpaired) electrons. The van der Waals surface area contributed by atoms with Gasteiger partial charge < -0.3 is 19.1 Å². The van der Waals surface area contributed by atoms with Crippen molar-refractivity contribution in [2.75, 3.05) is 13.3 Å². The third-order valence-electron chi connectivity index (χ3n) is 4.81. The van der Waals surface area contributed by atoms with Gasteiger partial charge in [0.15, 0.2) is 11.5 Å². The van der Waals surface area contributed by atoms with Crippen LogP contribution in [0.25, 0.3) is 5.69 Å². The Labute approximate surface area is 165 Å². The lowest BCUT2D eigenvalue weighted by Gasteiger charge is -2.24. The first kappa shape index (κ1) is 18.5. The van der Waals surface area contributed by atoms with Gasteiger partial charge in [0, 0.05) is 37.7 Å². The maximum Gasteiger partial charge on any atom is 0.231 e. The number of fused-ring (bicyclic) bond motifs is 1. The standard InChI is InChI=1S/C22H25N3O3/c1-16(26)12-24(14-19-5-8-21-22(11-19)28-15-27-21)13-18-3-6-20(7-4-18)25-10-9-23-17(25)2/h3-11,16,26H,12-15H2,1-2H3/t16-/m1/s1. The Morgan fingerprint density at radius 1 is 1.07 bits per heavy atom. The Balaban J connectivity index is 1.48. The zero-order valence-corrected chi connectivity index (χ0v) is 16.2. The molecule has 0 saturated carbocycles. The number of benzene rings is 2. The molecule has 0 unspecified atom stereocenters. The van der Waals surface area contributed by atoms with Crippen LogP contribution in [-0.4, -0.2) is 39.0 Å². The Bertz CT molecular complexity index is 934. The lowest BCUT2D eigenvalue weighted by atomic mass is 10.1. The molecule has 1 atom stereocenters. The molecule has 3 aromatic rings. The summed E-state index contributed by atoms with van der Waals surface area (Å²) < 4.78 is 12.9. The summed E-state index contributed by atoms with van der Waals surface area (Å²) in [5.41, 5.74) is 3.43. The van der Waals surface area contributed by atoms with Gasteiger partial charge in [-0.15, -0.1) is 0 Å². The minimum absolute atomic E-state index is 0.277. The van der Waals surface area contributed by atoms with Crippen molar-refractivity contribution in [1.82, 2.24) is 14.5 Å². The van der Waals surface area contributed by atoms with Gasteiger partial charge in [-0.1, -0.05) is 18.2 Å². The van der Waals surface area contributed by atoms with Crippen molar-refractivity contribution in [3.8, 4) is 17.2 Å². The van der Waals surface area contributed by atoms with Crippen LogP contribution in [0.3, 0.4) is 0 Å². The largest absolute Gasteiger partial charge is 0.454 e. The molecular weight excluding hydrogens is 354 g/mol. The van der Waals surface area contributed by atoms with E-state index < -0.39 is 6.10 Å². The summed E-state index contributed by atoms with van der Waals surface area (Å²) in [6.07, 6.45) is 3.37. The van der Waals surface area contributed by atoms with Crippen molar-refractivity contribution in [2.24, 2.45) is 0 Å². The van der Waals surface area contributed by atoms with Crippen LogP contribution in [0.2, 0.25) is 0 Å². The van der Waals surface area contributed by atoms with Crippen LogP contribution in [-0.2, 0) is 13.1 Å². The van der Waals surface area contributed by atoms with Gasteiger partial charge in [-0.2, -0.15) is 0 Å². The molecule has 2 heterocycles. The topological polar surface area (TPSA) is 59.8 Å². The Morgan fingerprint density at radius 2 is 1.79 bits per heavy atom. The summed E-state index contributed by atoms with van der Waals surface area (Å²) in [6.45, 7) is 6.16. The molecule has 6 nitrogen and oxygen atoms in total. The minimum atomic E-state index is -0.401. The minimum Gasteiger partial charge on any atom is -0.454 e. The van der Waals surface area contributed by atoms with Gasteiger partial charge >= 0.3 is 0 Å². The zero-order chi connectivity index (χ0) is 19.5. The number of imidazole rings is 1. The van der Waals surface area contributed by atoms with Crippen LogP contribution in [0.4, 0.5) is 0 Å². The smallest absolute Gasteiger partial charge is 0.231 e. The van der Waals surface area contributed by atoms with E-state index in [9.17, 15) is 5.11 Å². The highest BCUT2D eigenvalue weighted by molar-refractivity contribution is 5.44. The van der Waals surface area contributed by atoms with Gasteiger partial charge in [0.05, 0.1) is 6.10 Å². The van der Waals surface area contributed by atoms with Gasteiger partial charge in [-0.25, -0.2) is 4.98 Å². The molecule has 1 N–H and O–H groups in total. The highest BCUT2D eigenvalue weighted by atomic mass is 16.7. The Kier molecular flexibility index (Phi) is 5.32. The summed E-state index contributed by atoms with van der Waals surface area (Å²) in [7, 11) is 0. The molecule has 0 bridgehead atoms. The average molecular weight is 379 g/mol. The fraction of sp³-hybridized carbons (Fsp3) is 0.318. The maximum atomic E-state index is 9.94. The van der Waals surface area contributed by atoms with Gasteiger partial charge in [0.25, 0.3) is 0 Å². The number of nitrogens with zero attached hydrogens (tertiary/aromatic N) is 3. The SMILES string of the molecule is Cc1nccn1-c1ccc(CN(Cc2ccc3c(c2)OCO3)C[C@@H](C)O)cc1. The van der Waals surface area contributed by atoms with Crippen molar-refractivity contribution in [3.63, 3.8) is 0 Å². The molecule has 0 spiro atoms. The van der Waals surface area contributed by atoms with E-state index in [1.807, 2.05) is 38.2 Å². The second-order valence-corrected chi connectivity index (χ2v) is 7.22. The number of hydrogen-bond donors (Lipinski definition) is 1. The van der Waals surface area contributed by atoms with Crippen LogP contribution < -0.4 is 9.47 Å². The van der Waals surface area contributed by atoms with E-state index in [2.05, 4.69) is 38.7 Å². The maximum absolute atomic E-state index is 9.94. The summed E-state index contributed by atoms with van der Waals surface area (Å²) >= 11 is 0. The summed E-state index contributed by atoms with van der Waals surface area (Å²) in [5, 5.41) is 9.94. The van der Waals surface area contributed by atoms with Crippen LogP contribution >= 0.6 is 0 Å². The fourth-order valence-corrected chi connectivity index (χ4v) is 3.53. The predicted octanol–water partition coefficient (Wildman–Crippen LogP) is 3.29. The summed E-state index contributed by atoms with van der Waals surface area (Å²) in [6, 6.07) is 14.5. The van der Waals surface area contributed by atoms with E-state index in [1.165, 1.54) is 5.56 Å². The number of hydrogen-bond acceptors (Lipinski definition) is 5. The highest BCUT2D eigenvalue weighted by Crippen LogP contribution is 2.33. The molecule has 1 aromatic heterocycles. The monoisotopic (exact) mass is 379 g/mol. The molecule has 4 rings (SSSR count). The average Bonchev–Trinajstić information content (AvgIpc) is 3.30. The van der Waals surface area contributed by atoms with E-state index in [1.54, 1.807) is 6.20 Å². The second kappa shape index (κ2) is 8.04. The molecule has 1 aliphatic rings. The van der Waals surface area contributed by atoms with E-state index in [0.717, 1.165) is 41.7 Å². The van der Waals surface area contributed by atoms with Gasteiger partial charge in [-0.3, -0.25) is 4.90 Å². The summed E-state index contributed by atoms with van der Waals surface area (Å²) in [5.74, 6) is 2.54. The first-order chi connectivity index (χ1) is 13.6. The lowest BCUT2D eigenvalue weighted by Crippen LogP contribution is -2.30. The van der Waals surface area contributed by atoms with E-state index in [4.69, 9.17) is 9.47 Å². The van der Waals surface area contributed by atoms with Crippen molar-refractivity contribution in [3.05, 3.63) is 71.8 Å². The van der Waals surface area contributed by atoms with Gasteiger partial charge in [0.2, 0.25) is 6.79 Å². The molecule has 0 amide bonds. The van der Waals surface area contributed by atoms with Crippen LogP contribution in [0.1, 0.15) is 23.9 Å². The fourth-order valence-electron chi connectivity index (χ4n) is 3.53. The van der Waals surface area contributed by atoms with E-state index in [0.29, 0.717) is 6.54 Å². The highest BCUT2D eigenvalue weighted by Gasteiger charge is 2.16. The van der Waals surface area contributed by atoms with Gasteiger partial charge in [0.1, 0.15) is 5.82 Å². The molecule has 146 valence electrons. The van der Waals surface area contributed by atoms with E-state index in [-0.39, 0.29) is 6.79 Å². The molecule has 0 saturated heterocycles. The second-order valence-electron chi connectivity index (χ2n) is 7.22. The first-order valence-corrected chi connectivity index (χ1v) is 9.47. The molecule has 28 heavy (non-hydrogen) atoms. The molecular formula is C22H25N3O3. The van der Waals surface area contributed by atoms with Crippen molar-refractivity contribution in [1.29, 1.82) is 0 Å². The van der Waals surface area contributed by atoms with E-state index >= 15 is 0 Å². The number of aliphatic hydroxyl groups is 1. The third kappa shape index (κ3) is 4.18. The number of ether oxygens (including phenoxy) is 2. The summed E-state index contributed by atoms with van der Waals surface area (Å²) in [4.78, 5) is 6.51. The third-order valence-corrected chi connectivity index (χ3v) is 4.81. The normalized spacial score (nSPS) is 13.9. The van der Waals surface area contributed by atoms with Crippen LogP contribution in [0.15, 0.2) is 54.9 Å². The van der Waals surface area contributed by atoms with Crippen LogP contribution in [0.5, 0.6) is 11.5 Å². The van der Waals surface area contributed by atoms with Crippen molar-refractivity contribution < 1.29 is 14.6 Å². The zero-order valence-electron chi connectivity index (χ0n) is 16.2. The van der Waals surface area contributed by atoms with Crippen molar-refractivity contribution >= 4 is 0 Å². The first-order valence-electron chi connectivity index (χ1n) is 9.47. The number of aromatic nitrogens is 2. The molecule has 0 aliphatic carbocycles. The molecule has 2 aromatic carbocycles.